The molecule has 2 aliphatic rings. The Morgan fingerprint density at radius 2 is 1.64 bits per heavy atom. The molecule has 0 radical (unpaired) electrons. The van der Waals surface area contributed by atoms with E-state index >= 15 is 0 Å². The van der Waals surface area contributed by atoms with Crippen LogP contribution in [-0.2, 0) is 0 Å². The van der Waals surface area contributed by atoms with Gasteiger partial charge in [0.25, 0.3) is 0 Å². The highest BCUT2D eigenvalue weighted by Gasteiger charge is 2.40. The lowest BCUT2D eigenvalue weighted by atomic mass is 9.83. The lowest BCUT2D eigenvalue weighted by Crippen LogP contribution is -2.13. The average Bonchev–Trinajstić information content (AvgIpc) is 3.33. The molecule has 0 N–H and O–H groups in total. The van der Waals surface area contributed by atoms with E-state index in [1.54, 1.807) is 0 Å². The monoisotopic (exact) mass is 368 g/mol. The van der Waals surface area contributed by atoms with Crippen molar-refractivity contribution in [1.82, 2.24) is 4.98 Å². The molecule has 3 unspecified atom stereocenters. The van der Waals surface area contributed by atoms with Crippen molar-refractivity contribution in [1.29, 1.82) is 0 Å². The van der Waals surface area contributed by atoms with Crippen molar-refractivity contribution in [3.8, 4) is 0 Å². The third-order valence-corrected chi connectivity index (χ3v) is 6.68. The van der Waals surface area contributed by atoms with E-state index in [4.69, 9.17) is 4.98 Å². The fraction of sp³-hybridized carbons (Fsp3) is 0.346. The first-order valence-corrected chi connectivity index (χ1v) is 10.6. The van der Waals surface area contributed by atoms with Crippen molar-refractivity contribution in [2.75, 3.05) is 4.90 Å². The highest BCUT2D eigenvalue weighted by atomic mass is 15.2. The summed E-state index contributed by atoms with van der Waals surface area (Å²) in [5.41, 5.74) is 6.15. The minimum absolute atomic E-state index is 0.775. The van der Waals surface area contributed by atoms with Gasteiger partial charge in [-0.15, -0.1) is 0 Å². The fourth-order valence-corrected chi connectivity index (χ4v) is 5.36. The molecule has 1 heterocycles. The van der Waals surface area contributed by atoms with Crippen LogP contribution in [0.15, 0.2) is 66.7 Å². The van der Waals surface area contributed by atoms with Gasteiger partial charge in [-0.1, -0.05) is 36.8 Å². The Morgan fingerprint density at radius 3 is 2.32 bits per heavy atom. The van der Waals surface area contributed by atoms with Gasteiger partial charge >= 0.3 is 0 Å². The third-order valence-electron chi connectivity index (χ3n) is 6.68. The van der Waals surface area contributed by atoms with E-state index in [0.717, 1.165) is 35.0 Å². The Labute approximate surface area is 168 Å². The van der Waals surface area contributed by atoms with Gasteiger partial charge in [0.05, 0.1) is 0 Å². The Kier molecular flexibility index (Phi) is 4.43. The molecule has 1 aromatic heterocycles. The lowest BCUT2D eigenvalue weighted by Gasteiger charge is -2.26. The van der Waals surface area contributed by atoms with E-state index in [-0.39, 0.29) is 0 Å². The van der Waals surface area contributed by atoms with E-state index in [1.807, 2.05) is 0 Å². The molecule has 2 nitrogen and oxygen atoms in total. The van der Waals surface area contributed by atoms with Gasteiger partial charge in [-0.3, -0.25) is 4.90 Å². The molecule has 2 fully saturated rings. The van der Waals surface area contributed by atoms with Crippen molar-refractivity contribution in [2.24, 2.45) is 11.8 Å². The third kappa shape index (κ3) is 3.22. The number of anilines is 3. The minimum atomic E-state index is 0.775. The predicted octanol–water partition coefficient (Wildman–Crippen LogP) is 7.07. The number of rotatable bonds is 4. The van der Waals surface area contributed by atoms with Gasteiger partial charge in [-0.25, -0.2) is 4.98 Å². The number of hydrogen-bond donors (Lipinski definition) is 0. The lowest BCUT2D eigenvalue weighted by molar-refractivity contribution is 0.420. The smallest absolute Gasteiger partial charge is 0.137 e. The van der Waals surface area contributed by atoms with Crippen molar-refractivity contribution in [2.45, 2.75) is 45.4 Å². The van der Waals surface area contributed by atoms with Crippen LogP contribution in [0.25, 0.3) is 0 Å². The SMILES string of the molecule is Cc1cccc(N(c2ccc(C3CC4CCC3C4)cc2)c2cccc(C)n2)c1. The van der Waals surface area contributed by atoms with Crippen molar-refractivity contribution < 1.29 is 0 Å². The summed E-state index contributed by atoms with van der Waals surface area (Å²) in [4.78, 5) is 7.08. The zero-order chi connectivity index (χ0) is 19.1. The topological polar surface area (TPSA) is 16.1 Å². The summed E-state index contributed by atoms with van der Waals surface area (Å²) in [6.45, 7) is 4.19. The standard InChI is InChI=1S/C26H28N2/c1-18-5-3-7-24(15-18)28(26-8-4-6-19(2)27-26)23-13-11-21(12-14-23)25-17-20-9-10-22(25)16-20/h3-8,11-15,20,22,25H,9-10,16-17H2,1-2H3. The molecule has 2 aliphatic carbocycles. The Balaban J connectivity index is 1.52. The van der Waals surface area contributed by atoms with E-state index < -0.39 is 0 Å². The van der Waals surface area contributed by atoms with Crippen LogP contribution in [-0.4, -0.2) is 4.98 Å². The first kappa shape index (κ1) is 17.5. The van der Waals surface area contributed by atoms with Crippen molar-refractivity contribution >= 4 is 17.2 Å². The first-order chi connectivity index (χ1) is 13.7. The molecular weight excluding hydrogens is 340 g/mol. The van der Waals surface area contributed by atoms with Gasteiger partial charge in [0.15, 0.2) is 0 Å². The first-order valence-electron chi connectivity index (χ1n) is 10.6. The maximum absolute atomic E-state index is 4.81. The molecular formula is C26H28N2. The van der Waals surface area contributed by atoms with Crippen LogP contribution in [0.1, 0.15) is 48.4 Å². The maximum atomic E-state index is 4.81. The zero-order valence-corrected chi connectivity index (χ0v) is 16.8. The summed E-state index contributed by atoms with van der Waals surface area (Å²) in [5, 5.41) is 0. The molecule has 2 bridgehead atoms. The van der Waals surface area contributed by atoms with E-state index in [2.05, 4.69) is 85.5 Å². The summed E-state index contributed by atoms with van der Waals surface area (Å²) in [5.74, 6) is 3.65. The number of benzene rings is 2. The molecule has 0 saturated heterocycles. The van der Waals surface area contributed by atoms with Gasteiger partial charge in [-0.2, -0.15) is 0 Å². The normalized spacial score (nSPS) is 23.1. The second-order valence-electron chi connectivity index (χ2n) is 8.68. The average molecular weight is 369 g/mol. The zero-order valence-electron chi connectivity index (χ0n) is 16.8. The molecule has 5 rings (SSSR count). The summed E-state index contributed by atoms with van der Waals surface area (Å²) < 4.78 is 0. The second-order valence-corrected chi connectivity index (χ2v) is 8.68. The number of pyridine rings is 1. The van der Waals surface area contributed by atoms with Gasteiger partial charge < -0.3 is 0 Å². The van der Waals surface area contributed by atoms with Crippen LogP contribution in [0, 0.1) is 25.7 Å². The Bertz CT molecular complexity index is 930. The summed E-state index contributed by atoms with van der Waals surface area (Å²) in [6, 6.07) is 24.2. The number of nitrogens with zero attached hydrogens (tertiary/aromatic N) is 2. The molecule has 142 valence electrons. The predicted molar refractivity (Wildman–Crippen MR) is 117 cm³/mol. The second kappa shape index (κ2) is 7.09. The van der Waals surface area contributed by atoms with Crippen LogP contribution in [0.3, 0.4) is 0 Å². The van der Waals surface area contributed by atoms with Crippen LogP contribution >= 0.6 is 0 Å². The molecule has 28 heavy (non-hydrogen) atoms. The van der Waals surface area contributed by atoms with Gasteiger partial charge in [0.1, 0.15) is 5.82 Å². The molecule has 0 spiro atoms. The Hall–Kier alpha value is -2.61. The van der Waals surface area contributed by atoms with Crippen molar-refractivity contribution in [3.63, 3.8) is 0 Å². The fourth-order valence-electron chi connectivity index (χ4n) is 5.36. The van der Waals surface area contributed by atoms with Crippen LogP contribution in [0.5, 0.6) is 0 Å². The Morgan fingerprint density at radius 1 is 0.821 bits per heavy atom. The molecule has 2 saturated carbocycles. The van der Waals surface area contributed by atoms with Gasteiger partial charge in [0.2, 0.25) is 0 Å². The van der Waals surface area contributed by atoms with Crippen LogP contribution < -0.4 is 4.90 Å². The molecule has 2 heteroatoms. The highest BCUT2D eigenvalue weighted by Crippen LogP contribution is 2.53. The van der Waals surface area contributed by atoms with E-state index in [9.17, 15) is 0 Å². The van der Waals surface area contributed by atoms with Crippen molar-refractivity contribution in [3.05, 3.63) is 83.6 Å². The summed E-state index contributed by atoms with van der Waals surface area (Å²) >= 11 is 0. The van der Waals surface area contributed by atoms with E-state index in [1.165, 1.54) is 42.5 Å². The quantitative estimate of drug-likeness (QED) is 0.489. The molecule has 3 atom stereocenters. The minimum Gasteiger partial charge on any atom is -0.295 e. The molecule has 3 aromatic rings. The maximum Gasteiger partial charge on any atom is 0.137 e. The molecule has 0 aliphatic heterocycles. The number of aromatic nitrogens is 1. The van der Waals surface area contributed by atoms with E-state index in [0.29, 0.717) is 0 Å². The summed E-state index contributed by atoms with van der Waals surface area (Å²) in [6.07, 6.45) is 5.74. The highest BCUT2D eigenvalue weighted by molar-refractivity contribution is 5.74. The summed E-state index contributed by atoms with van der Waals surface area (Å²) in [7, 11) is 0. The number of aryl methyl sites for hydroxylation is 2. The largest absolute Gasteiger partial charge is 0.295 e. The van der Waals surface area contributed by atoms with Gasteiger partial charge in [-0.05, 0) is 98.4 Å². The number of fused-ring (bicyclic) bond motifs is 2. The van der Waals surface area contributed by atoms with Crippen LogP contribution in [0.2, 0.25) is 0 Å². The van der Waals surface area contributed by atoms with Crippen LogP contribution in [0.4, 0.5) is 17.2 Å². The molecule has 0 amide bonds. The molecule has 2 aromatic carbocycles. The number of hydrogen-bond acceptors (Lipinski definition) is 2. The van der Waals surface area contributed by atoms with Gasteiger partial charge in [0, 0.05) is 17.1 Å².